The Morgan fingerprint density at radius 3 is 2.38 bits per heavy atom. The lowest BCUT2D eigenvalue weighted by molar-refractivity contribution is -0.148. The van der Waals surface area contributed by atoms with E-state index in [1.165, 1.54) is 18.3 Å². The first kappa shape index (κ1) is 29.5. The number of benzene rings is 1. The van der Waals surface area contributed by atoms with Gasteiger partial charge in [0.2, 0.25) is 0 Å². The molecule has 9 nitrogen and oxygen atoms in total. The highest BCUT2D eigenvalue weighted by molar-refractivity contribution is 6.39. The fraction of sp³-hybridized carbons (Fsp3) is 0.533. The zero-order chi connectivity index (χ0) is 29.2. The van der Waals surface area contributed by atoms with E-state index in [0.717, 1.165) is 30.5 Å². The van der Waals surface area contributed by atoms with Gasteiger partial charge in [-0.15, -0.1) is 0 Å². The third kappa shape index (κ3) is 7.56. The van der Waals surface area contributed by atoms with Crippen molar-refractivity contribution < 1.29 is 23.5 Å². The van der Waals surface area contributed by atoms with Crippen LogP contribution in [-0.2, 0) is 14.3 Å². The van der Waals surface area contributed by atoms with Crippen LogP contribution in [0.2, 0.25) is 0 Å². The van der Waals surface area contributed by atoms with Crippen LogP contribution < -0.4 is 10.6 Å². The van der Waals surface area contributed by atoms with E-state index in [-0.39, 0.29) is 17.8 Å². The molecule has 3 amide bonds. The van der Waals surface area contributed by atoms with Crippen LogP contribution in [0.4, 0.5) is 20.7 Å². The smallest absolute Gasteiger partial charge is 0.413 e. The number of carbonyl (C=O) groups excluding carboxylic acids is 3. The summed E-state index contributed by atoms with van der Waals surface area (Å²) in [5.74, 6) is -0.758. The number of nitrogens with one attached hydrogen (secondary N) is 2. The number of halogens is 1. The van der Waals surface area contributed by atoms with Crippen molar-refractivity contribution in [2.24, 2.45) is 5.92 Å². The van der Waals surface area contributed by atoms with Crippen LogP contribution >= 0.6 is 0 Å². The summed E-state index contributed by atoms with van der Waals surface area (Å²) in [7, 11) is 0. The number of carbonyl (C=O) groups is 3. The van der Waals surface area contributed by atoms with Gasteiger partial charge in [0, 0.05) is 31.2 Å². The number of hydrogen-bond acceptors (Lipinski definition) is 6. The third-order valence-electron chi connectivity index (χ3n) is 6.99. The molecule has 1 aliphatic heterocycles. The number of rotatable bonds is 6. The fourth-order valence-corrected chi connectivity index (χ4v) is 5.02. The normalized spacial score (nSPS) is 19.9. The van der Waals surface area contributed by atoms with Crippen LogP contribution in [0.25, 0.3) is 0 Å². The number of amides is 3. The Labute approximate surface area is 235 Å². The highest BCUT2D eigenvalue weighted by atomic mass is 19.1. The lowest BCUT2D eigenvalue weighted by Crippen LogP contribution is -2.57. The molecule has 4 rings (SSSR count). The first-order chi connectivity index (χ1) is 18.8. The number of nitrogens with zero attached hydrogens (tertiary/aromatic N) is 3. The Balaban J connectivity index is 1.51. The highest BCUT2D eigenvalue weighted by Crippen LogP contribution is 2.43. The van der Waals surface area contributed by atoms with Gasteiger partial charge in [-0.05, 0) is 76.1 Å². The van der Waals surface area contributed by atoms with Crippen LogP contribution in [-0.4, -0.2) is 64.0 Å². The lowest BCUT2D eigenvalue weighted by Gasteiger charge is -2.45. The van der Waals surface area contributed by atoms with Crippen LogP contribution in [0.1, 0.15) is 77.5 Å². The summed E-state index contributed by atoms with van der Waals surface area (Å²) in [5.41, 5.74) is 1.29. The minimum atomic E-state index is -0.770. The average Bonchev–Trinajstić information content (AvgIpc) is 3.70. The second-order valence-electron chi connectivity index (χ2n) is 12.2. The maximum Gasteiger partial charge on any atom is 0.413 e. The van der Waals surface area contributed by atoms with Crippen molar-refractivity contribution >= 4 is 29.4 Å². The predicted molar refractivity (Wildman–Crippen MR) is 151 cm³/mol. The number of piperazine rings is 1. The Bertz CT molecular complexity index is 1240. The SMILES string of the molecule is CC(C)CN1CC(c2ccc(F)cc2)N(C(=O)C(=O)Nc2cnc(NC(=O)OC(C)(C)C)c(C3CC3)c2)CC1C. The van der Waals surface area contributed by atoms with Gasteiger partial charge in [0.05, 0.1) is 17.9 Å². The topological polar surface area (TPSA) is 104 Å². The van der Waals surface area contributed by atoms with Gasteiger partial charge in [0.1, 0.15) is 17.2 Å². The number of hydrogen-bond donors (Lipinski definition) is 2. The molecule has 2 aromatic rings. The van der Waals surface area contributed by atoms with E-state index >= 15 is 0 Å². The summed E-state index contributed by atoms with van der Waals surface area (Å²) in [4.78, 5) is 47.3. The van der Waals surface area contributed by atoms with E-state index in [2.05, 4.69) is 34.4 Å². The van der Waals surface area contributed by atoms with Crippen LogP contribution in [0.3, 0.4) is 0 Å². The monoisotopic (exact) mass is 553 g/mol. The van der Waals surface area contributed by atoms with Crippen molar-refractivity contribution in [3.05, 3.63) is 53.5 Å². The number of ether oxygens (including phenoxy) is 1. The largest absolute Gasteiger partial charge is 0.444 e. The first-order valence-corrected chi connectivity index (χ1v) is 13.9. The van der Waals surface area contributed by atoms with Gasteiger partial charge in [-0.1, -0.05) is 26.0 Å². The molecule has 1 aromatic carbocycles. The fourth-order valence-electron chi connectivity index (χ4n) is 5.02. The molecule has 2 heterocycles. The summed E-state index contributed by atoms with van der Waals surface area (Å²) in [6.07, 6.45) is 2.70. The van der Waals surface area contributed by atoms with Gasteiger partial charge >= 0.3 is 17.9 Å². The molecule has 216 valence electrons. The van der Waals surface area contributed by atoms with Crippen LogP contribution in [0, 0.1) is 11.7 Å². The highest BCUT2D eigenvalue weighted by Gasteiger charge is 2.38. The van der Waals surface area contributed by atoms with Crippen molar-refractivity contribution in [1.82, 2.24) is 14.8 Å². The van der Waals surface area contributed by atoms with Gasteiger partial charge in [-0.3, -0.25) is 19.8 Å². The Morgan fingerprint density at radius 2 is 1.77 bits per heavy atom. The van der Waals surface area contributed by atoms with Gasteiger partial charge in [0.15, 0.2) is 0 Å². The van der Waals surface area contributed by atoms with Crippen molar-refractivity contribution in [2.45, 2.75) is 78.0 Å². The molecule has 10 heteroatoms. The van der Waals surface area contributed by atoms with Gasteiger partial charge < -0.3 is 15.0 Å². The van der Waals surface area contributed by atoms with Crippen LogP contribution in [0.15, 0.2) is 36.5 Å². The maximum atomic E-state index is 13.7. The van der Waals surface area contributed by atoms with Gasteiger partial charge in [-0.25, -0.2) is 14.2 Å². The summed E-state index contributed by atoms with van der Waals surface area (Å²) in [6, 6.07) is 7.50. The molecule has 1 aromatic heterocycles. The van der Waals surface area contributed by atoms with E-state index in [1.807, 2.05) is 6.92 Å². The maximum absolute atomic E-state index is 13.7. The average molecular weight is 554 g/mol. The van der Waals surface area contributed by atoms with Crippen molar-refractivity contribution in [3.63, 3.8) is 0 Å². The zero-order valence-electron chi connectivity index (χ0n) is 24.2. The molecule has 0 spiro atoms. The Hall–Kier alpha value is -3.53. The zero-order valence-corrected chi connectivity index (χ0v) is 24.2. The Kier molecular flexibility index (Phi) is 8.77. The molecule has 2 unspecified atom stereocenters. The molecule has 1 aliphatic carbocycles. The van der Waals surface area contributed by atoms with Crippen molar-refractivity contribution in [3.8, 4) is 0 Å². The van der Waals surface area contributed by atoms with Crippen molar-refractivity contribution in [2.75, 3.05) is 30.3 Å². The number of anilines is 2. The Morgan fingerprint density at radius 1 is 1.10 bits per heavy atom. The molecule has 2 atom stereocenters. The molecule has 0 radical (unpaired) electrons. The quantitative estimate of drug-likeness (QED) is 0.470. The minimum Gasteiger partial charge on any atom is -0.444 e. The molecule has 40 heavy (non-hydrogen) atoms. The molecular formula is C30H40FN5O4. The second kappa shape index (κ2) is 11.9. The van der Waals surface area contributed by atoms with E-state index < -0.39 is 29.6 Å². The summed E-state index contributed by atoms with van der Waals surface area (Å²) >= 11 is 0. The molecule has 2 N–H and O–H groups in total. The van der Waals surface area contributed by atoms with Crippen LogP contribution in [0.5, 0.6) is 0 Å². The van der Waals surface area contributed by atoms with E-state index in [4.69, 9.17) is 4.74 Å². The summed E-state index contributed by atoms with van der Waals surface area (Å²) in [6.45, 7) is 13.4. The molecule has 0 bridgehead atoms. The molecule has 1 saturated carbocycles. The third-order valence-corrected chi connectivity index (χ3v) is 6.99. The second-order valence-corrected chi connectivity index (χ2v) is 12.2. The standard InChI is InChI=1S/C30H40FN5O4/c1-18(2)15-35-17-25(21-9-11-22(31)12-10-21)36(16-19(35)3)28(38)27(37)33-23-13-24(20-7-8-20)26(32-14-23)34-29(39)40-30(4,5)6/h9-14,18-20,25H,7-8,15-17H2,1-6H3,(H,33,37)(H,32,34,39). The van der Waals surface area contributed by atoms with E-state index in [0.29, 0.717) is 30.5 Å². The minimum absolute atomic E-state index is 0.0530. The lowest BCUT2D eigenvalue weighted by atomic mass is 9.98. The molecule has 2 aliphatic rings. The molecule has 1 saturated heterocycles. The number of aromatic nitrogens is 1. The van der Waals surface area contributed by atoms with Gasteiger partial charge in [-0.2, -0.15) is 0 Å². The predicted octanol–water partition coefficient (Wildman–Crippen LogP) is 5.31. The van der Waals surface area contributed by atoms with E-state index in [1.54, 1.807) is 43.9 Å². The summed E-state index contributed by atoms with van der Waals surface area (Å²) < 4.78 is 19.0. The molecular weight excluding hydrogens is 513 g/mol. The van der Waals surface area contributed by atoms with Gasteiger partial charge in [0.25, 0.3) is 0 Å². The summed E-state index contributed by atoms with van der Waals surface area (Å²) in [5, 5.41) is 5.41. The van der Waals surface area contributed by atoms with Crippen molar-refractivity contribution in [1.29, 1.82) is 0 Å². The first-order valence-electron chi connectivity index (χ1n) is 13.9. The number of pyridine rings is 1. The van der Waals surface area contributed by atoms with E-state index in [9.17, 15) is 18.8 Å². The molecule has 2 fully saturated rings.